The maximum Gasteiger partial charge on any atom is 0.242 e. The summed E-state index contributed by atoms with van der Waals surface area (Å²) < 4.78 is 5.36. The Morgan fingerprint density at radius 3 is 2.90 bits per heavy atom. The van der Waals surface area contributed by atoms with Crippen LogP contribution in [0.15, 0.2) is 23.1 Å². The average molecular weight is 325 g/mol. The van der Waals surface area contributed by atoms with E-state index in [1.807, 2.05) is 23.1 Å². The van der Waals surface area contributed by atoms with Crippen molar-refractivity contribution in [3.05, 3.63) is 23.8 Å². The monoisotopic (exact) mass is 325 g/mol. The molecule has 1 fully saturated rings. The summed E-state index contributed by atoms with van der Waals surface area (Å²) in [5.74, 6) is 0.513. The molecule has 0 spiro atoms. The molecule has 0 saturated carbocycles. The Hall–Kier alpha value is -1.31. The van der Waals surface area contributed by atoms with Gasteiger partial charge in [-0.1, -0.05) is 25.2 Å². The van der Waals surface area contributed by atoms with Crippen molar-refractivity contribution >= 4 is 40.6 Å². The maximum atomic E-state index is 11.7. The van der Waals surface area contributed by atoms with Gasteiger partial charge >= 0.3 is 0 Å². The molecule has 1 aromatic carbocycles. The van der Waals surface area contributed by atoms with Gasteiger partial charge in [0.2, 0.25) is 5.91 Å². The zero-order valence-electron chi connectivity index (χ0n) is 11.9. The van der Waals surface area contributed by atoms with Gasteiger partial charge in [-0.2, -0.15) is 0 Å². The molecule has 1 heterocycles. The quantitative estimate of drug-likeness (QED) is 0.624. The number of rotatable bonds is 5. The number of anilines is 1. The number of morpholine rings is 1. The minimum atomic E-state index is -0.492. The number of benzene rings is 1. The van der Waals surface area contributed by atoms with E-state index < -0.39 is 11.9 Å². The first-order chi connectivity index (χ1) is 10.1. The fraction of sp³-hybridized carbons (Fsp3) is 0.429. The number of hydrogen-bond acceptors (Lipinski definition) is 5. The highest BCUT2D eigenvalue weighted by Crippen LogP contribution is 2.32. The molecule has 1 aliphatic heterocycles. The van der Waals surface area contributed by atoms with Gasteiger partial charge in [-0.05, 0) is 17.9 Å². The van der Waals surface area contributed by atoms with E-state index in [0.29, 0.717) is 18.1 Å². The molecule has 114 valence electrons. The van der Waals surface area contributed by atoms with Gasteiger partial charge in [0.1, 0.15) is 11.0 Å². The number of thiocarbonyl (C=S) groups is 1. The molecular formula is C14H19N3O2S2. The lowest BCUT2D eigenvalue weighted by molar-refractivity contribution is -0.121. The summed E-state index contributed by atoms with van der Waals surface area (Å²) in [6.07, 6.45) is 0. The van der Waals surface area contributed by atoms with E-state index in [9.17, 15) is 4.79 Å². The van der Waals surface area contributed by atoms with Gasteiger partial charge in [0, 0.05) is 22.7 Å². The third-order valence-corrected chi connectivity index (χ3v) is 4.46. The molecule has 5 nitrogen and oxygen atoms in total. The smallest absolute Gasteiger partial charge is 0.242 e. The summed E-state index contributed by atoms with van der Waals surface area (Å²) in [5.41, 5.74) is 13.1. The number of carbonyl (C=O) groups is 1. The second kappa shape index (κ2) is 7.11. The Morgan fingerprint density at radius 1 is 1.52 bits per heavy atom. The first-order valence-electron chi connectivity index (χ1n) is 6.75. The third kappa shape index (κ3) is 3.48. The highest BCUT2D eigenvalue weighted by molar-refractivity contribution is 7.99. The van der Waals surface area contributed by atoms with E-state index in [-0.39, 0.29) is 6.61 Å². The number of primary amides is 1. The molecule has 1 saturated heterocycles. The van der Waals surface area contributed by atoms with Crippen molar-refractivity contribution in [2.24, 2.45) is 11.5 Å². The molecule has 0 aromatic heterocycles. The number of amides is 1. The number of hydrogen-bond donors (Lipinski definition) is 2. The van der Waals surface area contributed by atoms with E-state index in [1.165, 1.54) is 0 Å². The van der Waals surface area contributed by atoms with Crippen LogP contribution < -0.4 is 16.4 Å². The number of nitrogens with two attached hydrogens (primary N) is 2. The topological polar surface area (TPSA) is 81.6 Å². The Balaban J connectivity index is 2.48. The van der Waals surface area contributed by atoms with Crippen LogP contribution in [0.3, 0.4) is 0 Å². The molecule has 2 rings (SSSR count). The van der Waals surface area contributed by atoms with Crippen molar-refractivity contribution in [2.45, 2.75) is 17.9 Å². The van der Waals surface area contributed by atoms with Crippen LogP contribution in [0.4, 0.5) is 5.69 Å². The number of nitrogens with zero attached hydrogens (tertiary/aromatic N) is 1. The average Bonchev–Trinajstić information content (AvgIpc) is 2.47. The van der Waals surface area contributed by atoms with Gasteiger partial charge in [-0.25, -0.2) is 0 Å². The molecule has 1 atom stereocenters. The van der Waals surface area contributed by atoms with Crippen molar-refractivity contribution in [1.82, 2.24) is 0 Å². The lowest BCUT2D eigenvalue weighted by atomic mass is 10.1. The van der Waals surface area contributed by atoms with Crippen LogP contribution in [-0.4, -0.2) is 42.4 Å². The minimum Gasteiger partial charge on any atom is -0.389 e. The Kier molecular flexibility index (Phi) is 5.44. The van der Waals surface area contributed by atoms with Crippen molar-refractivity contribution < 1.29 is 9.53 Å². The predicted molar refractivity (Wildman–Crippen MR) is 89.9 cm³/mol. The summed E-state index contributed by atoms with van der Waals surface area (Å²) >= 11 is 6.89. The summed E-state index contributed by atoms with van der Waals surface area (Å²) in [7, 11) is 0. The molecule has 0 bridgehead atoms. The van der Waals surface area contributed by atoms with Gasteiger partial charge in [0.05, 0.1) is 13.2 Å². The van der Waals surface area contributed by atoms with Crippen LogP contribution in [0.2, 0.25) is 0 Å². The SMILES string of the molecule is CCSc1cccc(N2CCOCC2C(N)=O)c1C(N)=S. The van der Waals surface area contributed by atoms with Gasteiger partial charge in [0.25, 0.3) is 0 Å². The normalized spacial score (nSPS) is 18.5. The van der Waals surface area contributed by atoms with Crippen LogP contribution in [-0.2, 0) is 9.53 Å². The second-order valence-corrected chi connectivity index (χ2v) is 6.38. The molecule has 1 aromatic rings. The first-order valence-corrected chi connectivity index (χ1v) is 8.15. The van der Waals surface area contributed by atoms with Crippen molar-refractivity contribution in [3.63, 3.8) is 0 Å². The lowest BCUT2D eigenvalue weighted by Gasteiger charge is -2.36. The molecule has 1 aliphatic rings. The lowest BCUT2D eigenvalue weighted by Crippen LogP contribution is -2.53. The third-order valence-electron chi connectivity index (χ3n) is 3.32. The largest absolute Gasteiger partial charge is 0.389 e. The van der Waals surface area contributed by atoms with Crippen molar-refractivity contribution in [1.29, 1.82) is 0 Å². The standard InChI is InChI=1S/C14H19N3O2S2/c1-2-21-11-5-3-4-9(12(11)14(16)20)17-6-7-19-8-10(17)13(15)18/h3-5,10H,2,6-8H2,1H3,(H2,15,18)(H2,16,20). The van der Waals surface area contributed by atoms with E-state index >= 15 is 0 Å². The molecule has 0 radical (unpaired) electrons. The zero-order valence-corrected chi connectivity index (χ0v) is 13.5. The van der Waals surface area contributed by atoms with Gasteiger partial charge in [-0.15, -0.1) is 11.8 Å². The predicted octanol–water partition coefficient (Wildman–Crippen LogP) is 1.12. The van der Waals surface area contributed by atoms with E-state index in [0.717, 1.165) is 21.9 Å². The summed E-state index contributed by atoms with van der Waals surface area (Å²) in [6.45, 7) is 3.49. The molecule has 7 heteroatoms. The molecule has 4 N–H and O–H groups in total. The molecule has 0 aliphatic carbocycles. The highest BCUT2D eigenvalue weighted by atomic mass is 32.2. The maximum absolute atomic E-state index is 11.7. The Bertz CT molecular complexity index is 551. The van der Waals surface area contributed by atoms with Gasteiger partial charge in [0.15, 0.2) is 0 Å². The second-order valence-electron chi connectivity index (χ2n) is 4.63. The zero-order chi connectivity index (χ0) is 15.4. The highest BCUT2D eigenvalue weighted by Gasteiger charge is 2.30. The first kappa shape index (κ1) is 16.1. The van der Waals surface area contributed by atoms with E-state index in [2.05, 4.69) is 6.92 Å². The van der Waals surface area contributed by atoms with Crippen molar-refractivity contribution in [2.75, 3.05) is 30.4 Å². The Morgan fingerprint density at radius 2 is 2.29 bits per heavy atom. The fourth-order valence-corrected chi connectivity index (χ4v) is 3.53. The van der Waals surface area contributed by atoms with Crippen LogP contribution in [0, 0.1) is 0 Å². The van der Waals surface area contributed by atoms with Gasteiger partial charge < -0.3 is 21.1 Å². The molecule has 21 heavy (non-hydrogen) atoms. The van der Waals surface area contributed by atoms with E-state index in [1.54, 1.807) is 11.8 Å². The van der Waals surface area contributed by atoms with Crippen LogP contribution >= 0.6 is 24.0 Å². The number of thioether (sulfide) groups is 1. The number of ether oxygens (including phenoxy) is 1. The summed E-state index contributed by atoms with van der Waals surface area (Å²) in [5, 5.41) is 0. The molecular weight excluding hydrogens is 306 g/mol. The number of carbonyl (C=O) groups excluding carboxylic acids is 1. The van der Waals surface area contributed by atoms with Crippen LogP contribution in [0.25, 0.3) is 0 Å². The van der Waals surface area contributed by atoms with Crippen LogP contribution in [0.1, 0.15) is 12.5 Å². The minimum absolute atomic E-state index is 0.289. The fourth-order valence-electron chi connectivity index (χ4n) is 2.41. The Labute approximate surface area is 134 Å². The van der Waals surface area contributed by atoms with E-state index in [4.69, 9.17) is 28.4 Å². The van der Waals surface area contributed by atoms with Crippen LogP contribution in [0.5, 0.6) is 0 Å². The van der Waals surface area contributed by atoms with Gasteiger partial charge in [-0.3, -0.25) is 4.79 Å². The molecule has 1 amide bonds. The summed E-state index contributed by atoms with van der Waals surface area (Å²) in [4.78, 5) is 15.0. The van der Waals surface area contributed by atoms with Crippen molar-refractivity contribution in [3.8, 4) is 0 Å². The summed E-state index contributed by atoms with van der Waals surface area (Å²) in [6, 6.07) is 5.37. The molecule has 1 unspecified atom stereocenters.